The minimum atomic E-state index is -0.372. The predicted molar refractivity (Wildman–Crippen MR) is 141 cm³/mol. The molecule has 2 heterocycles. The van der Waals surface area contributed by atoms with E-state index in [1.807, 2.05) is 0 Å². The van der Waals surface area contributed by atoms with Crippen molar-refractivity contribution in [3.8, 4) is 0 Å². The number of rotatable bonds is 10. The van der Waals surface area contributed by atoms with Crippen LogP contribution in [0.15, 0.2) is 4.34 Å². The van der Waals surface area contributed by atoms with Crippen molar-refractivity contribution in [1.29, 1.82) is 0 Å². The normalized spacial score (nSPS) is 15.9. The van der Waals surface area contributed by atoms with E-state index in [4.69, 9.17) is 4.74 Å². The minimum absolute atomic E-state index is 0.0332. The third-order valence-corrected chi connectivity index (χ3v) is 9.57. The van der Waals surface area contributed by atoms with Crippen LogP contribution in [0.25, 0.3) is 0 Å². The summed E-state index contributed by atoms with van der Waals surface area (Å²) in [6, 6.07) is 0. The molecule has 0 radical (unpaired) electrons. The number of fused-ring (bicyclic) bond motifs is 1. The summed E-state index contributed by atoms with van der Waals surface area (Å²) in [6.07, 6.45) is 11.6. The van der Waals surface area contributed by atoms with Gasteiger partial charge in [-0.3, -0.25) is 9.59 Å². The van der Waals surface area contributed by atoms with Gasteiger partial charge in [-0.15, -0.1) is 21.5 Å². The molecular formula is C24H32N4O4S3. The van der Waals surface area contributed by atoms with Gasteiger partial charge in [0.25, 0.3) is 0 Å². The van der Waals surface area contributed by atoms with E-state index in [1.165, 1.54) is 66.5 Å². The van der Waals surface area contributed by atoms with Crippen molar-refractivity contribution in [3.05, 3.63) is 16.0 Å². The highest BCUT2D eigenvalue weighted by Gasteiger charge is 2.27. The van der Waals surface area contributed by atoms with Crippen molar-refractivity contribution in [2.45, 2.75) is 81.9 Å². The van der Waals surface area contributed by atoms with E-state index in [0.717, 1.165) is 42.5 Å². The second-order valence-electron chi connectivity index (χ2n) is 8.94. The van der Waals surface area contributed by atoms with Crippen LogP contribution in [-0.4, -0.2) is 40.3 Å². The van der Waals surface area contributed by atoms with Crippen molar-refractivity contribution in [2.24, 2.45) is 5.92 Å². The summed E-state index contributed by atoms with van der Waals surface area (Å²) in [5, 5.41) is 14.9. The topological polar surface area (TPSA) is 110 Å². The van der Waals surface area contributed by atoms with E-state index < -0.39 is 0 Å². The highest BCUT2D eigenvalue weighted by Crippen LogP contribution is 2.39. The smallest absolute Gasteiger partial charge is 0.341 e. The Hall–Kier alpha value is -1.98. The fraction of sp³-hybridized carbons (Fsp3) is 0.625. The molecule has 0 aliphatic heterocycles. The van der Waals surface area contributed by atoms with Crippen LogP contribution < -0.4 is 10.6 Å². The average molecular weight is 537 g/mol. The maximum Gasteiger partial charge on any atom is 0.341 e. The lowest BCUT2D eigenvalue weighted by atomic mass is 9.86. The number of aromatic nitrogens is 2. The molecule has 35 heavy (non-hydrogen) atoms. The molecule has 4 rings (SSSR count). The van der Waals surface area contributed by atoms with Gasteiger partial charge < -0.3 is 15.4 Å². The van der Waals surface area contributed by atoms with Crippen molar-refractivity contribution in [3.63, 3.8) is 0 Å². The number of ether oxygens (including phenoxy) is 1. The monoisotopic (exact) mass is 536 g/mol. The van der Waals surface area contributed by atoms with Crippen molar-refractivity contribution in [2.75, 3.05) is 23.0 Å². The Balaban J connectivity index is 1.27. The van der Waals surface area contributed by atoms with Gasteiger partial charge in [0.05, 0.1) is 17.9 Å². The number of amides is 2. The van der Waals surface area contributed by atoms with Gasteiger partial charge in [-0.2, -0.15) is 0 Å². The summed E-state index contributed by atoms with van der Waals surface area (Å²) < 4.78 is 5.86. The van der Waals surface area contributed by atoms with E-state index in [1.54, 1.807) is 6.92 Å². The van der Waals surface area contributed by atoms with E-state index in [9.17, 15) is 14.4 Å². The number of hydrogen-bond donors (Lipinski definition) is 2. The molecule has 2 aromatic rings. The molecule has 2 aliphatic rings. The summed E-state index contributed by atoms with van der Waals surface area (Å²) in [4.78, 5) is 38.7. The summed E-state index contributed by atoms with van der Waals surface area (Å²) >= 11 is 4.00. The Bertz CT molecular complexity index is 1050. The third kappa shape index (κ3) is 7.27. The Morgan fingerprint density at radius 2 is 1.80 bits per heavy atom. The first-order chi connectivity index (χ1) is 17.0. The Morgan fingerprint density at radius 3 is 2.60 bits per heavy atom. The number of thioether (sulfide) groups is 1. The molecule has 11 heteroatoms. The molecule has 0 aromatic carbocycles. The fourth-order valence-corrected chi connectivity index (χ4v) is 7.54. The number of carbonyl (C=O) groups is 3. The molecule has 1 saturated carbocycles. The number of thiophene rings is 1. The molecule has 8 nitrogen and oxygen atoms in total. The van der Waals surface area contributed by atoms with Gasteiger partial charge in [0.1, 0.15) is 5.00 Å². The standard InChI is InChI=1S/C24H32N4O4S3/c1-2-32-22(31)20-16-10-6-7-11-17(16)34-21(20)25-19(30)14-33-24-28-27-23(35-24)26-18(29)13-12-15-8-4-3-5-9-15/h15H,2-14H2,1H3,(H,25,30)(H,26,27,29). The molecule has 2 amide bonds. The number of carbonyl (C=O) groups excluding carboxylic acids is 3. The number of esters is 1. The number of nitrogens with one attached hydrogen (secondary N) is 2. The summed E-state index contributed by atoms with van der Waals surface area (Å²) in [5.74, 6) is 0.172. The van der Waals surface area contributed by atoms with Crippen LogP contribution in [0.4, 0.5) is 10.1 Å². The zero-order valence-electron chi connectivity index (χ0n) is 20.0. The van der Waals surface area contributed by atoms with Gasteiger partial charge in [0.2, 0.25) is 16.9 Å². The van der Waals surface area contributed by atoms with E-state index in [2.05, 4.69) is 20.8 Å². The maximum absolute atomic E-state index is 12.7. The lowest BCUT2D eigenvalue weighted by Gasteiger charge is -2.20. The molecule has 0 bridgehead atoms. The Kier molecular flexibility index (Phi) is 9.56. The molecule has 2 aromatic heterocycles. The second-order valence-corrected chi connectivity index (χ2v) is 12.2. The molecule has 0 atom stereocenters. The van der Waals surface area contributed by atoms with Crippen LogP contribution in [-0.2, 0) is 27.2 Å². The number of anilines is 2. The second kappa shape index (κ2) is 12.8. The van der Waals surface area contributed by atoms with Crippen LogP contribution in [0.5, 0.6) is 0 Å². The van der Waals surface area contributed by atoms with Gasteiger partial charge >= 0.3 is 5.97 Å². The first-order valence-corrected chi connectivity index (χ1v) is 15.0. The zero-order chi connectivity index (χ0) is 24.6. The summed E-state index contributed by atoms with van der Waals surface area (Å²) in [5.41, 5.74) is 1.54. The SMILES string of the molecule is CCOC(=O)c1c(NC(=O)CSc2nnc(NC(=O)CCC3CCCCC3)s2)sc2c1CCCC2. The van der Waals surface area contributed by atoms with Crippen LogP contribution in [0.1, 0.15) is 85.5 Å². The van der Waals surface area contributed by atoms with E-state index in [-0.39, 0.29) is 23.5 Å². The molecular weight excluding hydrogens is 504 g/mol. The summed E-state index contributed by atoms with van der Waals surface area (Å²) in [7, 11) is 0. The Labute approximate surface area is 218 Å². The fourth-order valence-electron chi connectivity index (χ4n) is 4.67. The molecule has 1 fully saturated rings. The lowest BCUT2D eigenvalue weighted by Crippen LogP contribution is -2.17. The van der Waals surface area contributed by atoms with Gasteiger partial charge in [-0.05, 0) is 50.5 Å². The highest BCUT2D eigenvalue weighted by molar-refractivity contribution is 8.01. The van der Waals surface area contributed by atoms with Gasteiger partial charge in [0, 0.05) is 11.3 Å². The van der Waals surface area contributed by atoms with Crippen LogP contribution in [0.3, 0.4) is 0 Å². The van der Waals surface area contributed by atoms with Crippen molar-refractivity contribution in [1.82, 2.24) is 10.2 Å². The first-order valence-electron chi connectivity index (χ1n) is 12.4. The molecule has 2 aliphatic carbocycles. The van der Waals surface area contributed by atoms with Gasteiger partial charge in [-0.25, -0.2) is 4.79 Å². The number of aryl methyl sites for hydroxylation is 1. The predicted octanol–water partition coefficient (Wildman–Crippen LogP) is 5.68. The van der Waals surface area contributed by atoms with Crippen LogP contribution in [0, 0.1) is 5.92 Å². The largest absolute Gasteiger partial charge is 0.462 e. The quantitative estimate of drug-likeness (QED) is 0.228. The number of hydrogen-bond acceptors (Lipinski definition) is 9. The molecule has 0 saturated heterocycles. The zero-order valence-corrected chi connectivity index (χ0v) is 22.5. The average Bonchev–Trinajstić information content (AvgIpc) is 3.46. The molecule has 0 spiro atoms. The highest BCUT2D eigenvalue weighted by atomic mass is 32.2. The third-order valence-electron chi connectivity index (χ3n) is 6.39. The van der Waals surface area contributed by atoms with Crippen LogP contribution in [0.2, 0.25) is 0 Å². The lowest BCUT2D eigenvalue weighted by molar-refractivity contribution is -0.116. The molecule has 190 valence electrons. The van der Waals surface area contributed by atoms with Crippen LogP contribution >= 0.6 is 34.4 Å². The van der Waals surface area contributed by atoms with Crippen molar-refractivity contribution >= 4 is 62.4 Å². The molecule has 2 N–H and O–H groups in total. The minimum Gasteiger partial charge on any atom is -0.462 e. The first kappa shape index (κ1) is 26.1. The van der Waals surface area contributed by atoms with Crippen molar-refractivity contribution < 1.29 is 19.1 Å². The van der Waals surface area contributed by atoms with Gasteiger partial charge in [-0.1, -0.05) is 55.2 Å². The van der Waals surface area contributed by atoms with E-state index in [0.29, 0.717) is 39.0 Å². The van der Waals surface area contributed by atoms with E-state index >= 15 is 0 Å². The van der Waals surface area contributed by atoms with Gasteiger partial charge in [0.15, 0.2) is 4.34 Å². The number of nitrogens with zero attached hydrogens (tertiary/aromatic N) is 2. The summed E-state index contributed by atoms with van der Waals surface area (Å²) in [6.45, 7) is 2.07. The Morgan fingerprint density at radius 1 is 1.00 bits per heavy atom. The maximum atomic E-state index is 12.7. The molecule has 0 unspecified atom stereocenters.